The fourth-order valence-electron chi connectivity index (χ4n) is 2.20. The number of nitrogens with one attached hydrogen (secondary N) is 1. The van der Waals surface area contributed by atoms with Crippen molar-refractivity contribution < 1.29 is 13.2 Å². The number of aromatic nitrogens is 1. The summed E-state index contributed by atoms with van der Waals surface area (Å²) in [7, 11) is 0. The Morgan fingerprint density at radius 1 is 1.14 bits per heavy atom. The van der Waals surface area contributed by atoms with Gasteiger partial charge < -0.3 is 5.32 Å². The number of pyridine rings is 1. The molecule has 0 radical (unpaired) electrons. The monoisotopic (exact) mass is 294 g/mol. The normalized spacial score (nSPS) is 13.2. The first kappa shape index (κ1) is 15.5. The molecule has 1 aromatic heterocycles. The van der Waals surface area contributed by atoms with E-state index in [0.29, 0.717) is 6.54 Å². The SMILES string of the molecule is Cc1cccnc1CNC(C)c1ccccc1C(F)(F)F. The minimum absolute atomic E-state index is 0.249. The van der Waals surface area contributed by atoms with Gasteiger partial charge in [-0.15, -0.1) is 0 Å². The molecular weight excluding hydrogens is 277 g/mol. The molecule has 0 fully saturated rings. The van der Waals surface area contributed by atoms with Gasteiger partial charge in [0, 0.05) is 18.8 Å². The number of rotatable bonds is 4. The Bertz CT molecular complexity index is 608. The largest absolute Gasteiger partial charge is 0.416 e. The van der Waals surface area contributed by atoms with Crippen molar-refractivity contribution in [3.63, 3.8) is 0 Å². The van der Waals surface area contributed by atoms with Gasteiger partial charge in [0.15, 0.2) is 0 Å². The van der Waals surface area contributed by atoms with Crippen molar-refractivity contribution in [3.8, 4) is 0 Å². The third kappa shape index (κ3) is 3.82. The molecule has 0 aliphatic carbocycles. The summed E-state index contributed by atoms with van der Waals surface area (Å²) in [6.45, 7) is 4.08. The van der Waals surface area contributed by atoms with Crippen LogP contribution in [0.3, 0.4) is 0 Å². The minimum Gasteiger partial charge on any atom is -0.305 e. The van der Waals surface area contributed by atoms with Crippen LogP contribution in [0.15, 0.2) is 42.6 Å². The van der Waals surface area contributed by atoms with Gasteiger partial charge in [-0.25, -0.2) is 0 Å². The number of aryl methyl sites for hydroxylation is 1. The molecule has 0 aliphatic heterocycles. The van der Waals surface area contributed by atoms with Crippen LogP contribution in [-0.4, -0.2) is 4.98 Å². The lowest BCUT2D eigenvalue weighted by Crippen LogP contribution is -2.22. The van der Waals surface area contributed by atoms with Crippen LogP contribution in [0, 0.1) is 6.92 Å². The summed E-state index contributed by atoms with van der Waals surface area (Å²) in [5.74, 6) is 0. The number of alkyl halides is 3. The summed E-state index contributed by atoms with van der Waals surface area (Å²) in [5, 5.41) is 3.11. The molecule has 2 rings (SSSR count). The van der Waals surface area contributed by atoms with E-state index in [1.54, 1.807) is 19.2 Å². The molecule has 0 bridgehead atoms. The average molecular weight is 294 g/mol. The molecular formula is C16H17F3N2. The molecule has 2 nitrogen and oxygen atoms in total. The van der Waals surface area contributed by atoms with E-state index < -0.39 is 17.8 Å². The first-order chi connectivity index (χ1) is 9.89. The summed E-state index contributed by atoms with van der Waals surface area (Å²) >= 11 is 0. The van der Waals surface area contributed by atoms with E-state index in [2.05, 4.69) is 10.3 Å². The van der Waals surface area contributed by atoms with Crippen LogP contribution in [-0.2, 0) is 12.7 Å². The molecule has 21 heavy (non-hydrogen) atoms. The van der Waals surface area contributed by atoms with Crippen LogP contribution < -0.4 is 5.32 Å². The van der Waals surface area contributed by atoms with Gasteiger partial charge in [0.25, 0.3) is 0 Å². The molecule has 1 atom stereocenters. The second kappa shape index (κ2) is 6.26. The van der Waals surface area contributed by atoms with Crippen molar-refractivity contribution in [3.05, 3.63) is 65.0 Å². The van der Waals surface area contributed by atoms with E-state index in [0.717, 1.165) is 17.3 Å². The van der Waals surface area contributed by atoms with E-state index in [4.69, 9.17) is 0 Å². The van der Waals surface area contributed by atoms with Crippen LogP contribution >= 0.6 is 0 Å². The number of nitrogens with zero attached hydrogens (tertiary/aromatic N) is 1. The van der Waals surface area contributed by atoms with Gasteiger partial charge in [-0.1, -0.05) is 24.3 Å². The summed E-state index contributed by atoms with van der Waals surface area (Å²) in [6.07, 6.45) is -2.66. The molecule has 0 spiro atoms. The highest BCUT2D eigenvalue weighted by Crippen LogP contribution is 2.34. The maximum atomic E-state index is 13.0. The van der Waals surface area contributed by atoms with Crippen molar-refractivity contribution in [1.82, 2.24) is 10.3 Å². The van der Waals surface area contributed by atoms with Gasteiger partial charge >= 0.3 is 6.18 Å². The van der Waals surface area contributed by atoms with E-state index >= 15 is 0 Å². The third-order valence-corrected chi connectivity index (χ3v) is 3.43. The van der Waals surface area contributed by atoms with Gasteiger partial charge in [0.1, 0.15) is 0 Å². The molecule has 5 heteroatoms. The van der Waals surface area contributed by atoms with E-state index in [1.807, 2.05) is 19.1 Å². The van der Waals surface area contributed by atoms with Crippen molar-refractivity contribution in [2.24, 2.45) is 0 Å². The lowest BCUT2D eigenvalue weighted by molar-refractivity contribution is -0.138. The number of benzene rings is 1. The molecule has 0 aliphatic rings. The van der Waals surface area contributed by atoms with Gasteiger partial charge in [-0.2, -0.15) is 13.2 Å². The molecule has 1 aromatic carbocycles. The van der Waals surface area contributed by atoms with Gasteiger partial charge in [-0.3, -0.25) is 4.98 Å². The topological polar surface area (TPSA) is 24.9 Å². The fourth-order valence-corrected chi connectivity index (χ4v) is 2.20. The van der Waals surface area contributed by atoms with E-state index in [-0.39, 0.29) is 5.56 Å². The zero-order valence-electron chi connectivity index (χ0n) is 11.9. The number of halogens is 3. The quantitative estimate of drug-likeness (QED) is 0.911. The molecule has 0 saturated heterocycles. The summed E-state index contributed by atoms with van der Waals surface area (Å²) < 4.78 is 39.0. The second-order valence-electron chi connectivity index (χ2n) is 4.95. The molecule has 1 unspecified atom stereocenters. The van der Waals surface area contributed by atoms with Crippen LogP contribution in [0.5, 0.6) is 0 Å². The molecule has 0 amide bonds. The summed E-state index contributed by atoms with van der Waals surface area (Å²) in [6, 6.07) is 8.99. The highest BCUT2D eigenvalue weighted by atomic mass is 19.4. The Morgan fingerprint density at radius 3 is 2.52 bits per heavy atom. The smallest absolute Gasteiger partial charge is 0.305 e. The first-order valence-corrected chi connectivity index (χ1v) is 6.69. The van der Waals surface area contributed by atoms with Crippen molar-refractivity contribution in [2.45, 2.75) is 32.6 Å². The van der Waals surface area contributed by atoms with Gasteiger partial charge in [-0.05, 0) is 37.1 Å². The fraction of sp³-hybridized carbons (Fsp3) is 0.312. The van der Waals surface area contributed by atoms with E-state index in [9.17, 15) is 13.2 Å². The first-order valence-electron chi connectivity index (χ1n) is 6.69. The Hall–Kier alpha value is -1.88. The maximum absolute atomic E-state index is 13.0. The molecule has 2 aromatic rings. The molecule has 1 N–H and O–H groups in total. The van der Waals surface area contributed by atoms with Gasteiger partial charge in [0.05, 0.1) is 11.3 Å². The predicted octanol–water partition coefficient (Wildman–Crippen LogP) is 4.26. The highest BCUT2D eigenvalue weighted by molar-refractivity contribution is 5.32. The molecule has 0 saturated carbocycles. The van der Waals surface area contributed by atoms with Gasteiger partial charge in [0.2, 0.25) is 0 Å². The molecule has 1 heterocycles. The zero-order chi connectivity index (χ0) is 15.5. The van der Waals surface area contributed by atoms with Crippen molar-refractivity contribution >= 4 is 0 Å². The minimum atomic E-state index is -4.34. The summed E-state index contributed by atoms with van der Waals surface area (Å²) in [5.41, 5.74) is 1.51. The number of hydrogen-bond acceptors (Lipinski definition) is 2. The van der Waals surface area contributed by atoms with Crippen LogP contribution in [0.2, 0.25) is 0 Å². The van der Waals surface area contributed by atoms with Crippen molar-refractivity contribution in [2.75, 3.05) is 0 Å². The van der Waals surface area contributed by atoms with E-state index in [1.165, 1.54) is 12.1 Å². The second-order valence-corrected chi connectivity index (χ2v) is 4.95. The maximum Gasteiger partial charge on any atom is 0.416 e. The molecule has 112 valence electrons. The Balaban J connectivity index is 2.15. The lowest BCUT2D eigenvalue weighted by Gasteiger charge is -2.19. The standard InChI is InChI=1S/C16H17F3N2/c1-11-6-5-9-20-15(11)10-21-12(2)13-7-3-4-8-14(13)16(17,18)19/h3-9,12,21H,10H2,1-2H3. The third-order valence-electron chi connectivity index (χ3n) is 3.43. The van der Waals surface area contributed by atoms with Crippen molar-refractivity contribution in [1.29, 1.82) is 0 Å². The Morgan fingerprint density at radius 2 is 1.86 bits per heavy atom. The Labute approximate surface area is 122 Å². The average Bonchev–Trinajstić information content (AvgIpc) is 2.45. The Kier molecular flexibility index (Phi) is 4.63. The van der Waals surface area contributed by atoms with Crippen LogP contribution in [0.4, 0.5) is 13.2 Å². The highest BCUT2D eigenvalue weighted by Gasteiger charge is 2.34. The zero-order valence-corrected chi connectivity index (χ0v) is 11.9. The predicted molar refractivity (Wildman–Crippen MR) is 75.7 cm³/mol. The van der Waals surface area contributed by atoms with Crippen LogP contribution in [0.25, 0.3) is 0 Å². The van der Waals surface area contributed by atoms with Crippen LogP contribution in [0.1, 0.15) is 35.3 Å². The lowest BCUT2D eigenvalue weighted by atomic mass is 10.0. The number of hydrogen-bond donors (Lipinski definition) is 1. The summed E-state index contributed by atoms with van der Waals surface area (Å²) in [4.78, 5) is 4.23.